The first-order valence-electron chi connectivity index (χ1n) is 6.67. The zero-order chi connectivity index (χ0) is 13.2. The average molecular weight is 250 g/mol. The summed E-state index contributed by atoms with van der Waals surface area (Å²) in [5, 5.41) is 3.33. The average Bonchev–Trinajstić information content (AvgIpc) is 2.83. The summed E-state index contributed by atoms with van der Waals surface area (Å²) in [7, 11) is 0. The van der Waals surface area contributed by atoms with E-state index in [1.54, 1.807) is 6.20 Å². The van der Waals surface area contributed by atoms with Crippen LogP contribution in [0.5, 0.6) is 0 Å². The van der Waals surface area contributed by atoms with Crippen molar-refractivity contribution in [3.05, 3.63) is 71.6 Å². The number of nitrogens with zero attached hydrogens (tertiary/aromatic N) is 1. The van der Waals surface area contributed by atoms with Crippen LogP contribution in [0, 0.1) is 12.8 Å². The molecule has 0 fully saturated rings. The van der Waals surface area contributed by atoms with Gasteiger partial charge in [-0.2, -0.15) is 0 Å². The normalized spacial score (nSPS) is 17.0. The van der Waals surface area contributed by atoms with Crippen LogP contribution in [0.3, 0.4) is 0 Å². The third-order valence-corrected chi connectivity index (χ3v) is 3.74. The van der Waals surface area contributed by atoms with Gasteiger partial charge in [-0.15, -0.1) is 0 Å². The topological polar surface area (TPSA) is 24.9 Å². The van der Waals surface area contributed by atoms with Crippen molar-refractivity contribution < 1.29 is 0 Å². The second-order valence-electron chi connectivity index (χ2n) is 5.24. The Morgan fingerprint density at radius 2 is 2.05 bits per heavy atom. The summed E-state index contributed by atoms with van der Waals surface area (Å²) in [5.41, 5.74) is 5.32. The number of anilines is 1. The number of hydrogen-bond donors (Lipinski definition) is 1. The van der Waals surface area contributed by atoms with Crippen molar-refractivity contribution in [1.29, 1.82) is 0 Å². The lowest BCUT2D eigenvalue weighted by atomic mass is 10.0. The van der Waals surface area contributed by atoms with Crippen LogP contribution in [0.1, 0.15) is 16.7 Å². The van der Waals surface area contributed by atoms with Crippen LogP contribution in [-0.4, -0.2) is 4.98 Å². The van der Waals surface area contributed by atoms with Crippen LogP contribution in [0.15, 0.2) is 54.9 Å². The van der Waals surface area contributed by atoms with E-state index in [0.717, 1.165) is 24.4 Å². The number of pyridine rings is 1. The van der Waals surface area contributed by atoms with Crippen molar-refractivity contribution in [3.63, 3.8) is 0 Å². The molecule has 1 aromatic heterocycles. The van der Waals surface area contributed by atoms with Gasteiger partial charge in [0.15, 0.2) is 0 Å². The molecule has 2 nitrogen and oxygen atoms in total. The molecule has 1 aliphatic carbocycles. The van der Waals surface area contributed by atoms with Gasteiger partial charge in [-0.1, -0.05) is 36.4 Å². The molecule has 1 N–H and O–H groups in total. The Morgan fingerprint density at radius 1 is 1.21 bits per heavy atom. The van der Waals surface area contributed by atoms with Gasteiger partial charge in [0.25, 0.3) is 0 Å². The molecular weight excluding hydrogens is 232 g/mol. The van der Waals surface area contributed by atoms with Crippen LogP contribution in [0.4, 0.5) is 5.82 Å². The van der Waals surface area contributed by atoms with Crippen LogP contribution in [-0.2, 0) is 12.8 Å². The highest BCUT2D eigenvalue weighted by molar-refractivity contribution is 5.44. The van der Waals surface area contributed by atoms with E-state index < -0.39 is 0 Å². The first-order valence-corrected chi connectivity index (χ1v) is 6.67. The molecule has 0 radical (unpaired) electrons. The molecule has 0 bridgehead atoms. The minimum Gasteiger partial charge on any atom is -0.344 e. The van der Waals surface area contributed by atoms with E-state index in [1.807, 2.05) is 18.2 Å². The first kappa shape index (κ1) is 12.0. The molecule has 2 aromatic rings. The van der Waals surface area contributed by atoms with E-state index in [1.165, 1.54) is 16.7 Å². The van der Waals surface area contributed by atoms with Gasteiger partial charge in [0.2, 0.25) is 0 Å². The molecule has 0 saturated carbocycles. The fourth-order valence-corrected chi connectivity index (χ4v) is 2.70. The SMILES string of the molecule is C=C(Nc1ccccn1)C1Cc2ccc(C)cc2C1. The number of benzene rings is 1. The lowest BCUT2D eigenvalue weighted by Gasteiger charge is -2.14. The summed E-state index contributed by atoms with van der Waals surface area (Å²) in [6.07, 6.45) is 3.95. The van der Waals surface area contributed by atoms with E-state index >= 15 is 0 Å². The maximum absolute atomic E-state index is 4.28. The maximum Gasteiger partial charge on any atom is 0.130 e. The van der Waals surface area contributed by atoms with Crippen molar-refractivity contribution in [2.24, 2.45) is 5.92 Å². The lowest BCUT2D eigenvalue weighted by molar-refractivity contribution is 0.664. The Morgan fingerprint density at radius 3 is 2.84 bits per heavy atom. The Hall–Kier alpha value is -2.09. The molecule has 0 aliphatic heterocycles. The third-order valence-electron chi connectivity index (χ3n) is 3.74. The molecule has 1 heterocycles. The molecule has 1 aromatic carbocycles. The summed E-state index contributed by atoms with van der Waals surface area (Å²) in [5.74, 6) is 1.35. The molecule has 2 heteroatoms. The van der Waals surface area contributed by atoms with Crippen molar-refractivity contribution >= 4 is 5.82 Å². The zero-order valence-corrected chi connectivity index (χ0v) is 11.2. The van der Waals surface area contributed by atoms with E-state index in [-0.39, 0.29) is 0 Å². The number of fused-ring (bicyclic) bond motifs is 1. The predicted molar refractivity (Wildman–Crippen MR) is 79.1 cm³/mol. The van der Waals surface area contributed by atoms with Crippen molar-refractivity contribution in [3.8, 4) is 0 Å². The lowest BCUT2D eigenvalue weighted by Crippen LogP contribution is -2.11. The third kappa shape index (κ3) is 2.53. The highest BCUT2D eigenvalue weighted by Gasteiger charge is 2.23. The van der Waals surface area contributed by atoms with E-state index in [0.29, 0.717) is 5.92 Å². The number of aryl methyl sites for hydroxylation is 1. The summed E-state index contributed by atoms with van der Waals surface area (Å²) < 4.78 is 0. The van der Waals surface area contributed by atoms with Gasteiger partial charge >= 0.3 is 0 Å². The number of allylic oxidation sites excluding steroid dienone is 1. The van der Waals surface area contributed by atoms with Crippen molar-refractivity contribution in [2.75, 3.05) is 5.32 Å². The van der Waals surface area contributed by atoms with Gasteiger partial charge in [-0.25, -0.2) is 4.98 Å². The molecule has 1 unspecified atom stereocenters. The molecular formula is C17H18N2. The second-order valence-corrected chi connectivity index (χ2v) is 5.24. The van der Waals surface area contributed by atoms with Gasteiger partial charge in [0.1, 0.15) is 5.82 Å². The van der Waals surface area contributed by atoms with E-state index in [9.17, 15) is 0 Å². The largest absolute Gasteiger partial charge is 0.344 e. The first-order chi connectivity index (χ1) is 9.22. The van der Waals surface area contributed by atoms with Crippen LogP contribution in [0.2, 0.25) is 0 Å². The quantitative estimate of drug-likeness (QED) is 0.897. The Balaban J connectivity index is 1.71. The summed E-state index contributed by atoms with van der Waals surface area (Å²) in [6, 6.07) is 12.6. The minimum absolute atomic E-state index is 0.471. The number of aromatic nitrogens is 1. The molecule has 96 valence electrons. The molecule has 0 saturated heterocycles. The van der Waals surface area contributed by atoms with Crippen molar-refractivity contribution in [2.45, 2.75) is 19.8 Å². The molecule has 0 amide bonds. The standard InChI is InChI=1S/C17H18N2/c1-12-6-7-14-10-15(11-16(14)9-12)13(2)19-17-5-3-4-8-18-17/h3-9,15H,2,10-11H2,1H3,(H,18,19). The number of hydrogen-bond acceptors (Lipinski definition) is 2. The number of rotatable bonds is 3. The Bertz CT molecular complexity index is 602. The molecule has 3 rings (SSSR count). The van der Waals surface area contributed by atoms with Crippen molar-refractivity contribution in [1.82, 2.24) is 4.98 Å². The van der Waals surface area contributed by atoms with E-state index in [4.69, 9.17) is 0 Å². The highest BCUT2D eigenvalue weighted by Crippen LogP contribution is 2.31. The second kappa shape index (κ2) is 4.88. The summed E-state index contributed by atoms with van der Waals surface area (Å²) in [4.78, 5) is 4.28. The van der Waals surface area contributed by atoms with Gasteiger partial charge in [0, 0.05) is 17.8 Å². The molecule has 1 atom stereocenters. The molecule has 19 heavy (non-hydrogen) atoms. The highest BCUT2D eigenvalue weighted by atomic mass is 15.0. The van der Waals surface area contributed by atoms with Crippen LogP contribution < -0.4 is 5.32 Å². The van der Waals surface area contributed by atoms with E-state index in [2.05, 4.69) is 42.0 Å². The molecule has 0 spiro atoms. The maximum atomic E-state index is 4.28. The van der Waals surface area contributed by atoms with Gasteiger partial charge in [0.05, 0.1) is 0 Å². The fraction of sp³-hybridized carbons (Fsp3) is 0.235. The minimum atomic E-state index is 0.471. The monoisotopic (exact) mass is 250 g/mol. The summed E-state index contributed by atoms with van der Waals surface area (Å²) in [6.45, 7) is 6.33. The fourth-order valence-electron chi connectivity index (χ4n) is 2.70. The number of nitrogens with one attached hydrogen (secondary N) is 1. The van der Waals surface area contributed by atoms with Gasteiger partial charge in [-0.3, -0.25) is 0 Å². The summed E-state index contributed by atoms with van der Waals surface area (Å²) >= 11 is 0. The van der Waals surface area contributed by atoms with Crippen LogP contribution in [0.25, 0.3) is 0 Å². The van der Waals surface area contributed by atoms with Crippen LogP contribution >= 0.6 is 0 Å². The zero-order valence-electron chi connectivity index (χ0n) is 11.2. The Labute approximate surface area is 114 Å². The molecule has 1 aliphatic rings. The Kier molecular flexibility index (Phi) is 3.08. The predicted octanol–water partition coefficient (Wildman–Crippen LogP) is 3.73. The van der Waals surface area contributed by atoms with Gasteiger partial charge in [-0.05, 0) is 43.0 Å². The van der Waals surface area contributed by atoms with Gasteiger partial charge < -0.3 is 5.32 Å². The smallest absolute Gasteiger partial charge is 0.130 e.